The van der Waals surface area contributed by atoms with Crippen LogP contribution in [0.4, 0.5) is 5.69 Å². The largest absolute Gasteiger partial charge is 0.497 e. The van der Waals surface area contributed by atoms with E-state index in [9.17, 15) is 4.79 Å². The van der Waals surface area contributed by atoms with Gasteiger partial charge in [-0.2, -0.15) is 5.10 Å². The number of hydrazone groups is 1. The third-order valence-electron chi connectivity index (χ3n) is 2.53. The maximum atomic E-state index is 11.3. The predicted molar refractivity (Wildman–Crippen MR) is 62.9 cm³/mol. The fourth-order valence-electron chi connectivity index (χ4n) is 1.64. The van der Waals surface area contributed by atoms with Crippen molar-refractivity contribution in [2.75, 3.05) is 12.5 Å². The molecule has 4 nitrogen and oxygen atoms in total. The highest BCUT2D eigenvalue weighted by Gasteiger charge is 2.18. The summed E-state index contributed by atoms with van der Waals surface area (Å²) < 4.78 is 5.09. The topological polar surface area (TPSA) is 50.7 Å². The van der Waals surface area contributed by atoms with Gasteiger partial charge in [0, 0.05) is 12.5 Å². The lowest BCUT2D eigenvalue weighted by Gasteiger charge is -2.03. The molecule has 1 saturated carbocycles. The van der Waals surface area contributed by atoms with Crippen LogP contribution < -0.4 is 10.2 Å². The lowest BCUT2D eigenvalue weighted by atomic mass is 10.3. The van der Waals surface area contributed by atoms with Gasteiger partial charge in [0.15, 0.2) is 5.78 Å². The van der Waals surface area contributed by atoms with Gasteiger partial charge in [0.2, 0.25) is 0 Å². The Morgan fingerprint density at radius 2 is 2.25 bits per heavy atom. The van der Waals surface area contributed by atoms with E-state index in [4.69, 9.17) is 4.74 Å². The summed E-state index contributed by atoms with van der Waals surface area (Å²) in [5.41, 5.74) is 4.35. The molecule has 0 atom stereocenters. The third kappa shape index (κ3) is 2.39. The van der Waals surface area contributed by atoms with Gasteiger partial charge in [0.1, 0.15) is 11.5 Å². The zero-order chi connectivity index (χ0) is 11.4. The lowest BCUT2D eigenvalue weighted by Crippen LogP contribution is -2.07. The number of carbonyl (C=O) groups is 1. The number of anilines is 1. The minimum absolute atomic E-state index is 0.149. The molecule has 0 aromatic heterocycles. The predicted octanol–water partition coefficient (Wildman–Crippen LogP) is 2.22. The van der Waals surface area contributed by atoms with Gasteiger partial charge in [-0.1, -0.05) is 6.07 Å². The molecule has 0 radical (unpaired) electrons. The smallest absolute Gasteiger partial charge is 0.178 e. The Morgan fingerprint density at radius 3 is 2.94 bits per heavy atom. The number of methoxy groups -OCH3 is 1. The number of ether oxygens (including phenoxy) is 1. The molecule has 0 aliphatic heterocycles. The molecule has 1 aromatic rings. The molecule has 2 rings (SSSR count). The van der Waals surface area contributed by atoms with Crippen molar-refractivity contribution in [3.05, 3.63) is 24.3 Å². The van der Waals surface area contributed by atoms with Crippen LogP contribution in [0, 0.1) is 0 Å². The van der Waals surface area contributed by atoms with E-state index in [1.54, 1.807) is 7.11 Å². The fourth-order valence-corrected chi connectivity index (χ4v) is 1.64. The number of nitrogens with zero attached hydrogens (tertiary/aromatic N) is 1. The average Bonchev–Trinajstić information content (AvgIpc) is 2.72. The van der Waals surface area contributed by atoms with Gasteiger partial charge in [-0.25, -0.2) is 0 Å². The minimum atomic E-state index is 0.149. The van der Waals surface area contributed by atoms with Crippen LogP contribution in [0.5, 0.6) is 5.75 Å². The Bertz CT molecular complexity index is 427. The summed E-state index contributed by atoms with van der Waals surface area (Å²) in [7, 11) is 1.62. The second kappa shape index (κ2) is 4.79. The van der Waals surface area contributed by atoms with Crippen molar-refractivity contribution in [2.24, 2.45) is 5.10 Å². The van der Waals surface area contributed by atoms with Crippen LogP contribution in [0.25, 0.3) is 0 Å². The number of rotatable bonds is 3. The Balaban J connectivity index is 2.06. The van der Waals surface area contributed by atoms with Crippen molar-refractivity contribution in [3.63, 3.8) is 0 Å². The quantitative estimate of drug-likeness (QED) is 0.791. The summed E-state index contributed by atoms with van der Waals surface area (Å²) in [5, 5.41) is 4.11. The van der Waals surface area contributed by atoms with Gasteiger partial charge in [-0.3, -0.25) is 10.2 Å². The molecule has 1 aliphatic rings. The van der Waals surface area contributed by atoms with E-state index in [0.29, 0.717) is 12.1 Å². The monoisotopic (exact) mass is 218 g/mol. The Morgan fingerprint density at radius 1 is 1.38 bits per heavy atom. The van der Waals surface area contributed by atoms with Crippen molar-refractivity contribution in [1.82, 2.24) is 0 Å². The number of carbonyl (C=O) groups excluding carboxylic acids is 1. The Hall–Kier alpha value is -1.84. The van der Waals surface area contributed by atoms with Crippen LogP contribution in [0.3, 0.4) is 0 Å². The van der Waals surface area contributed by atoms with Crippen LogP contribution >= 0.6 is 0 Å². The van der Waals surface area contributed by atoms with Gasteiger partial charge in [-0.05, 0) is 25.0 Å². The molecule has 1 aliphatic carbocycles. The normalized spacial score (nSPS) is 17.8. The minimum Gasteiger partial charge on any atom is -0.497 e. The zero-order valence-electron chi connectivity index (χ0n) is 9.19. The van der Waals surface area contributed by atoms with Crippen LogP contribution in [0.1, 0.15) is 19.3 Å². The molecule has 1 fully saturated rings. The second-order valence-electron chi connectivity index (χ2n) is 3.68. The first-order valence-electron chi connectivity index (χ1n) is 5.29. The first-order valence-corrected chi connectivity index (χ1v) is 5.29. The molecule has 0 heterocycles. The van der Waals surface area contributed by atoms with E-state index in [1.165, 1.54) is 0 Å². The Labute approximate surface area is 94.3 Å². The van der Waals surface area contributed by atoms with E-state index >= 15 is 0 Å². The molecule has 0 saturated heterocycles. The maximum absolute atomic E-state index is 11.3. The highest BCUT2D eigenvalue weighted by Crippen LogP contribution is 2.17. The van der Waals surface area contributed by atoms with E-state index in [-0.39, 0.29) is 5.78 Å². The average molecular weight is 218 g/mol. The number of nitrogens with one attached hydrogen (secondary N) is 1. The van der Waals surface area contributed by atoms with Crippen LogP contribution in [-0.4, -0.2) is 18.6 Å². The van der Waals surface area contributed by atoms with Crippen molar-refractivity contribution in [2.45, 2.75) is 19.3 Å². The molecule has 84 valence electrons. The highest BCUT2D eigenvalue weighted by molar-refractivity contribution is 6.41. The molecule has 4 heteroatoms. The molecule has 1 aromatic carbocycles. The van der Waals surface area contributed by atoms with Crippen molar-refractivity contribution < 1.29 is 9.53 Å². The fraction of sp³-hybridized carbons (Fsp3) is 0.333. The standard InChI is InChI=1S/C12H14N2O2/c1-16-10-5-2-4-9(8-10)13-14-11-6-3-7-12(11)15/h2,4-5,8,13H,3,6-7H2,1H3. The number of hydrogen-bond donors (Lipinski definition) is 1. The van der Waals surface area contributed by atoms with Gasteiger partial charge in [-0.15, -0.1) is 0 Å². The van der Waals surface area contributed by atoms with Gasteiger partial charge in [0.25, 0.3) is 0 Å². The molecular weight excluding hydrogens is 204 g/mol. The summed E-state index contributed by atoms with van der Waals surface area (Å²) in [6, 6.07) is 7.45. The first-order chi connectivity index (χ1) is 7.79. The second-order valence-corrected chi connectivity index (χ2v) is 3.68. The number of hydrogen-bond acceptors (Lipinski definition) is 4. The van der Waals surface area contributed by atoms with Gasteiger partial charge in [0.05, 0.1) is 12.8 Å². The SMILES string of the molecule is COc1cccc(NN=C2CCCC2=O)c1. The molecule has 0 bridgehead atoms. The number of Topliss-reactive ketones (excluding diaryl/α,β-unsaturated/α-hetero) is 1. The van der Waals surface area contributed by atoms with E-state index < -0.39 is 0 Å². The van der Waals surface area contributed by atoms with E-state index in [0.717, 1.165) is 24.3 Å². The summed E-state index contributed by atoms with van der Waals surface area (Å²) in [6.07, 6.45) is 2.31. The lowest BCUT2D eigenvalue weighted by molar-refractivity contribution is -0.112. The first kappa shape index (κ1) is 10.7. The van der Waals surface area contributed by atoms with Crippen molar-refractivity contribution >= 4 is 17.2 Å². The van der Waals surface area contributed by atoms with Crippen molar-refractivity contribution in [3.8, 4) is 5.75 Å². The van der Waals surface area contributed by atoms with Gasteiger partial charge >= 0.3 is 0 Å². The van der Waals surface area contributed by atoms with E-state index in [1.807, 2.05) is 24.3 Å². The van der Waals surface area contributed by atoms with E-state index in [2.05, 4.69) is 10.5 Å². The summed E-state index contributed by atoms with van der Waals surface area (Å²) in [5.74, 6) is 0.915. The molecule has 0 spiro atoms. The Kier molecular flexibility index (Phi) is 3.19. The van der Waals surface area contributed by atoms with Crippen LogP contribution in [0.15, 0.2) is 29.4 Å². The summed E-state index contributed by atoms with van der Waals surface area (Å²) >= 11 is 0. The molecule has 1 N–H and O–H groups in total. The zero-order valence-corrected chi connectivity index (χ0v) is 9.19. The summed E-state index contributed by atoms with van der Waals surface area (Å²) in [6.45, 7) is 0. The maximum Gasteiger partial charge on any atom is 0.178 e. The summed E-state index contributed by atoms with van der Waals surface area (Å²) in [4.78, 5) is 11.3. The highest BCUT2D eigenvalue weighted by atomic mass is 16.5. The number of ketones is 1. The molecular formula is C12H14N2O2. The van der Waals surface area contributed by atoms with Crippen LogP contribution in [-0.2, 0) is 4.79 Å². The molecule has 0 unspecified atom stereocenters. The molecule has 16 heavy (non-hydrogen) atoms. The van der Waals surface area contributed by atoms with Crippen LogP contribution in [0.2, 0.25) is 0 Å². The van der Waals surface area contributed by atoms with Crippen molar-refractivity contribution in [1.29, 1.82) is 0 Å². The van der Waals surface area contributed by atoms with Gasteiger partial charge < -0.3 is 4.74 Å². The third-order valence-corrected chi connectivity index (χ3v) is 2.53. The molecule has 0 amide bonds. The number of benzene rings is 1.